The summed E-state index contributed by atoms with van der Waals surface area (Å²) in [6.07, 6.45) is 3.66. The summed E-state index contributed by atoms with van der Waals surface area (Å²) in [5, 5.41) is 18.7. The van der Waals surface area contributed by atoms with Crippen LogP contribution in [0.1, 0.15) is 30.9 Å². The molecule has 2 N–H and O–H groups in total. The first-order chi connectivity index (χ1) is 15.6. The minimum Gasteiger partial charge on any atom is -0.354 e. The maximum Gasteiger partial charge on any atom is 0.208 e. The van der Waals surface area contributed by atoms with Crippen molar-refractivity contribution in [2.45, 2.75) is 26.7 Å². The lowest BCUT2D eigenvalue weighted by atomic mass is 9.99. The van der Waals surface area contributed by atoms with Gasteiger partial charge in [-0.05, 0) is 36.1 Å². The number of hydrogen-bond acceptors (Lipinski definition) is 8. The van der Waals surface area contributed by atoms with Crippen molar-refractivity contribution in [3.8, 4) is 21.1 Å². The standard InChI is InChI=1S/C22H24N8S2/c1-12(2)17-18(14-8-13(3)20-24-11-25-30(20)10-14)26-15-9-16(31-19(15)17)21-27-28-22(32-21)29-6-4-23-5-7-29/h8-12,23,26H,4-7H2,1-3H3. The van der Waals surface area contributed by atoms with E-state index in [2.05, 4.69) is 74.6 Å². The zero-order chi connectivity index (χ0) is 21.8. The van der Waals surface area contributed by atoms with Crippen LogP contribution in [0.25, 0.3) is 37.0 Å². The van der Waals surface area contributed by atoms with E-state index in [-0.39, 0.29) is 0 Å². The van der Waals surface area contributed by atoms with Crippen molar-refractivity contribution >= 4 is 43.7 Å². The average Bonchev–Trinajstić information content (AvgIpc) is 3.55. The van der Waals surface area contributed by atoms with E-state index in [1.54, 1.807) is 29.0 Å². The fraction of sp³-hybridized carbons (Fsp3) is 0.364. The Hall–Kier alpha value is -2.82. The van der Waals surface area contributed by atoms with Crippen LogP contribution in [0, 0.1) is 6.92 Å². The topological polar surface area (TPSA) is 87.0 Å². The van der Waals surface area contributed by atoms with E-state index in [4.69, 9.17) is 0 Å². The number of anilines is 1. The molecule has 1 aliphatic heterocycles. The largest absolute Gasteiger partial charge is 0.354 e. The third kappa shape index (κ3) is 3.21. The fourth-order valence-electron chi connectivity index (χ4n) is 4.41. The van der Waals surface area contributed by atoms with Crippen LogP contribution in [0.15, 0.2) is 24.7 Å². The van der Waals surface area contributed by atoms with E-state index < -0.39 is 0 Å². The van der Waals surface area contributed by atoms with Crippen LogP contribution in [-0.2, 0) is 0 Å². The Morgan fingerprint density at radius 2 is 1.94 bits per heavy atom. The molecule has 0 amide bonds. The average molecular weight is 465 g/mol. The lowest BCUT2D eigenvalue weighted by molar-refractivity contribution is 0.587. The van der Waals surface area contributed by atoms with Gasteiger partial charge in [0.25, 0.3) is 0 Å². The Morgan fingerprint density at radius 3 is 2.75 bits per heavy atom. The molecule has 0 atom stereocenters. The van der Waals surface area contributed by atoms with E-state index in [0.29, 0.717) is 5.92 Å². The first-order valence-corrected chi connectivity index (χ1v) is 12.5. The number of nitrogens with one attached hydrogen (secondary N) is 2. The lowest BCUT2D eigenvalue weighted by Gasteiger charge is -2.26. The molecule has 5 aromatic heterocycles. The number of nitrogens with zero attached hydrogens (tertiary/aromatic N) is 6. The van der Waals surface area contributed by atoms with Gasteiger partial charge < -0.3 is 15.2 Å². The summed E-state index contributed by atoms with van der Waals surface area (Å²) in [4.78, 5) is 11.5. The number of hydrogen-bond donors (Lipinski definition) is 2. The van der Waals surface area contributed by atoms with Gasteiger partial charge in [0.05, 0.1) is 20.8 Å². The molecule has 0 radical (unpaired) electrons. The molecule has 1 aliphatic rings. The molecule has 32 heavy (non-hydrogen) atoms. The minimum atomic E-state index is 0.378. The number of H-pyrrole nitrogens is 1. The Kier molecular flexibility index (Phi) is 4.74. The monoisotopic (exact) mass is 464 g/mol. The molecule has 6 rings (SSSR count). The van der Waals surface area contributed by atoms with Crippen molar-refractivity contribution in [1.29, 1.82) is 0 Å². The number of aromatic nitrogens is 6. The highest BCUT2D eigenvalue weighted by Gasteiger charge is 2.22. The quantitative estimate of drug-likeness (QED) is 0.412. The Labute approximate surface area is 193 Å². The molecule has 1 fully saturated rings. The third-order valence-corrected chi connectivity index (χ3v) is 8.27. The van der Waals surface area contributed by atoms with Crippen LogP contribution < -0.4 is 10.2 Å². The summed E-state index contributed by atoms with van der Waals surface area (Å²) in [6, 6.07) is 4.41. The Bertz CT molecular complexity index is 1420. The zero-order valence-corrected chi connectivity index (χ0v) is 19.8. The molecule has 0 spiro atoms. The molecule has 10 heteroatoms. The Balaban J connectivity index is 1.41. The summed E-state index contributed by atoms with van der Waals surface area (Å²) in [5.74, 6) is 0.378. The lowest BCUT2D eigenvalue weighted by Crippen LogP contribution is -2.43. The molecule has 0 aliphatic carbocycles. The van der Waals surface area contributed by atoms with Crippen LogP contribution in [0.2, 0.25) is 0 Å². The molecular formula is C22H24N8S2. The van der Waals surface area contributed by atoms with Gasteiger partial charge in [0.15, 0.2) is 10.7 Å². The predicted octanol–water partition coefficient (Wildman–Crippen LogP) is 4.30. The first-order valence-electron chi connectivity index (χ1n) is 10.8. The molecule has 0 unspecified atom stereocenters. The number of pyridine rings is 1. The fourth-order valence-corrected chi connectivity index (χ4v) is 6.66. The number of aryl methyl sites for hydroxylation is 1. The number of rotatable bonds is 4. The highest BCUT2D eigenvalue weighted by molar-refractivity contribution is 7.27. The van der Waals surface area contributed by atoms with Gasteiger partial charge in [-0.3, -0.25) is 0 Å². The van der Waals surface area contributed by atoms with Crippen LogP contribution in [0.4, 0.5) is 5.13 Å². The zero-order valence-electron chi connectivity index (χ0n) is 18.2. The van der Waals surface area contributed by atoms with Gasteiger partial charge >= 0.3 is 0 Å². The molecule has 8 nitrogen and oxygen atoms in total. The molecule has 5 aromatic rings. The van der Waals surface area contributed by atoms with Crippen LogP contribution in [-0.4, -0.2) is 56.0 Å². The summed E-state index contributed by atoms with van der Waals surface area (Å²) in [6.45, 7) is 10.5. The molecule has 0 saturated carbocycles. The van der Waals surface area contributed by atoms with Crippen LogP contribution >= 0.6 is 22.7 Å². The normalized spacial score (nSPS) is 14.9. The van der Waals surface area contributed by atoms with Gasteiger partial charge in [-0.25, -0.2) is 9.50 Å². The summed E-state index contributed by atoms with van der Waals surface area (Å²) >= 11 is 3.49. The van der Waals surface area contributed by atoms with E-state index in [1.807, 2.05) is 4.52 Å². The second-order valence-electron chi connectivity index (χ2n) is 8.49. The van der Waals surface area contributed by atoms with E-state index in [1.165, 1.54) is 15.1 Å². The molecule has 0 aromatic carbocycles. The van der Waals surface area contributed by atoms with Gasteiger partial charge in [0.2, 0.25) is 5.13 Å². The van der Waals surface area contributed by atoms with E-state index in [0.717, 1.165) is 64.3 Å². The number of piperazine rings is 1. The second-order valence-corrected chi connectivity index (χ2v) is 10.5. The van der Waals surface area contributed by atoms with Crippen molar-refractivity contribution in [1.82, 2.24) is 35.1 Å². The Morgan fingerprint density at radius 1 is 1.09 bits per heavy atom. The van der Waals surface area contributed by atoms with Crippen molar-refractivity contribution < 1.29 is 0 Å². The number of aromatic amines is 1. The predicted molar refractivity (Wildman–Crippen MR) is 131 cm³/mol. The van der Waals surface area contributed by atoms with Crippen molar-refractivity contribution in [3.63, 3.8) is 0 Å². The van der Waals surface area contributed by atoms with Gasteiger partial charge in [0, 0.05) is 37.9 Å². The maximum atomic E-state index is 4.52. The molecule has 6 heterocycles. The van der Waals surface area contributed by atoms with Crippen LogP contribution in [0.3, 0.4) is 0 Å². The highest BCUT2D eigenvalue weighted by Crippen LogP contribution is 2.43. The maximum absolute atomic E-state index is 4.52. The van der Waals surface area contributed by atoms with Crippen molar-refractivity contribution in [2.75, 3.05) is 31.1 Å². The molecular weight excluding hydrogens is 440 g/mol. The molecule has 1 saturated heterocycles. The van der Waals surface area contributed by atoms with E-state index >= 15 is 0 Å². The third-order valence-electron chi connectivity index (χ3n) is 5.94. The smallest absolute Gasteiger partial charge is 0.208 e. The van der Waals surface area contributed by atoms with Crippen LogP contribution in [0.5, 0.6) is 0 Å². The van der Waals surface area contributed by atoms with E-state index in [9.17, 15) is 0 Å². The van der Waals surface area contributed by atoms with Gasteiger partial charge in [-0.15, -0.1) is 21.5 Å². The van der Waals surface area contributed by atoms with Crippen molar-refractivity contribution in [2.24, 2.45) is 0 Å². The highest BCUT2D eigenvalue weighted by atomic mass is 32.1. The second kappa shape index (κ2) is 7.65. The SMILES string of the molecule is Cc1cc(-c2[nH]c3cc(-c4nnc(N5CCNCC5)s4)sc3c2C(C)C)cn2ncnc12. The number of thiophene rings is 1. The number of fused-ring (bicyclic) bond motifs is 2. The molecule has 0 bridgehead atoms. The van der Waals surface area contributed by atoms with Gasteiger partial charge in [-0.2, -0.15) is 5.10 Å². The first kappa shape index (κ1) is 19.8. The van der Waals surface area contributed by atoms with Gasteiger partial charge in [0.1, 0.15) is 6.33 Å². The molecule has 164 valence electrons. The minimum absolute atomic E-state index is 0.378. The van der Waals surface area contributed by atoms with Crippen molar-refractivity contribution in [3.05, 3.63) is 35.8 Å². The van der Waals surface area contributed by atoms with Gasteiger partial charge in [-0.1, -0.05) is 25.2 Å². The summed E-state index contributed by atoms with van der Waals surface area (Å²) < 4.78 is 3.15. The summed E-state index contributed by atoms with van der Waals surface area (Å²) in [7, 11) is 0. The summed E-state index contributed by atoms with van der Waals surface area (Å²) in [5.41, 5.74) is 6.79.